The number of carbonyl (C=O) groups is 1. The van der Waals surface area contributed by atoms with Crippen LogP contribution in [-0.2, 0) is 0 Å². The van der Waals surface area contributed by atoms with E-state index < -0.39 is 5.97 Å². The number of rotatable bonds is 6. The van der Waals surface area contributed by atoms with Crippen molar-refractivity contribution in [1.82, 2.24) is 14.8 Å². The number of aryl methyl sites for hydroxylation is 1. The lowest BCUT2D eigenvalue weighted by molar-refractivity contribution is 0.0688. The topological polar surface area (TPSA) is 86.5 Å². The van der Waals surface area contributed by atoms with Crippen molar-refractivity contribution in [2.24, 2.45) is 0 Å². The van der Waals surface area contributed by atoms with E-state index in [-0.39, 0.29) is 17.7 Å². The zero-order chi connectivity index (χ0) is 24.9. The number of benzene rings is 2. The van der Waals surface area contributed by atoms with Crippen molar-refractivity contribution in [3.05, 3.63) is 57.8 Å². The number of thioether (sulfide) groups is 1. The monoisotopic (exact) mass is 547 g/mol. The Morgan fingerprint density at radius 3 is 2.57 bits per heavy atom. The molecule has 180 valence electrons. The van der Waals surface area contributed by atoms with Crippen molar-refractivity contribution in [2.45, 2.75) is 30.2 Å². The highest BCUT2D eigenvalue weighted by Crippen LogP contribution is 2.43. The Labute approximate surface area is 219 Å². The van der Waals surface area contributed by atoms with E-state index >= 15 is 0 Å². The molecule has 1 aliphatic rings. The van der Waals surface area contributed by atoms with E-state index in [0.717, 1.165) is 9.77 Å². The summed E-state index contributed by atoms with van der Waals surface area (Å²) < 4.78 is 13.2. The molecule has 0 bridgehead atoms. The van der Waals surface area contributed by atoms with Crippen molar-refractivity contribution in [1.29, 1.82) is 0 Å². The van der Waals surface area contributed by atoms with Crippen molar-refractivity contribution in [2.75, 3.05) is 6.79 Å². The average Bonchev–Trinajstić information content (AvgIpc) is 3.51. The van der Waals surface area contributed by atoms with Gasteiger partial charge in [0, 0.05) is 16.4 Å². The molecule has 35 heavy (non-hydrogen) atoms. The number of hydrogen-bond donors (Lipinski definition) is 1. The van der Waals surface area contributed by atoms with Crippen LogP contribution in [0.4, 0.5) is 0 Å². The summed E-state index contributed by atoms with van der Waals surface area (Å²) >= 11 is 15.4. The Bertz CT molecular complexity index is 1470. The number of aromatic nitrogens is 3. The molecule has 0 aliphatic carbocycles. The molecule has 0 spiro atoms. The van der Waals surface area contributed by atoms with Crippen molar-refractivity contribution in [3.63, 3.8) is 0 Å². The van der Waals surface area contributed by atoms with Crippen LogP contribution in [-0.4, -0.2) is 37.9 Å². The van der Waals surface area contributed by atoms with E-state index in [1.807, 2.05) is 6.07 Å². The van der Waals surface area contributed by atoms with Crippen LogP contribution in [0.25, 0.3) is 27.5 Å². The molecule has 2 aromatic heterocycles. The third kappa shape index (κ3) is 4.49. The van der Waals surface area contributed by atoms with E-state index in [1.54, 1.807) is 49.0 Å². The summed E-state index contributed by atoms with van der Waals surface area (Å²) in [6, 6.07) is 10.7. The number of nitrogens with zero attached hydrogens (tertiary/aromatic N) is 3. The molecular weight excluding hydrogens is 529 g/mol. The Kier molecular flexibility index (Phi) is 6.43. The minimum Gasteiger partial charge on any atom is -0.476 e. The van der Waals surface area contributed by atoms with E-state index in [4.69, 9.17) is 37.7 Å². The molecule has 1 N–H and O–H groups in total. The molecule has 1 aliphatic heterocycles. The minimum absolute atomic E-state index is 0.0249. The Morgan fingerprint density at radius 2 is 1.86 bits per heavy atom. The van der Waals surface area contributed by atoms with Gasteiger partial charge in [0.15, 0.2) is 17.2 Å². The second-order valence-corrected chi connectivity index (χ2v) is 11.7. The Balaban J connectivity index is 1.67. The fourth-order valence-electron chi connectivity index (χ4n) is 3.77. The first-order valence-corrected chi connectivity index (χ1v) is 13.0. The fourth-order valence-corrected chi connectivity index (χ4v) is 6.54. The number of aromatic carboxylic acids is 1. The maximum absolute atomic E-state index is 12.5. The maximum Gasteiger partial charge on any atom is 0.355 e. The smallest absolute Gasteiger partial charge is 0.355 e. The molecule has 11 heteroatoms. The first-order chi connectivity index (χ1) is 16.7. The van der Waals surface area contributed by atoms with Gasteiger partial charge >= 0.3 is 5.97 Å². The standard InChI is InChI=1S/C24H19Cl2N3O4S2/c1-11(2)34-23-20(14-4-6-15(25)16(26)8-14)27-24(35-23)29-21(22(30)31)19(12(3)28-29)13-5-7-17-18(9-13)33-10-32-17/h4-9,11H,10H2,1-3H3,(H,30,31). The summed E-state index contributed by atoms with van der Waals surface area (Å²) in [5, 5.41) is 16.4. The van der Waals surface area contributed by atoms with Gasteiger partial charge in [0.1, 0.15) is 0 Å². The lowest BCUT2D eigenvalue weighted by Gasteiger charge is -2.05. The average molecular weight is 548 g/mol. The molecule has 5 rings (SSSR count). The highest BCUT2D eigenvalue weighted by atomic mass is 35.5. The Hall–Kier alpha value is -2.72. The van der Waals surface area contributed by atoms with Gasteiger partial charge in [0.2, 0.25) is 11.9 Å². The van der Waals surface area contributed by atoms with Crippen molar-refractivity contribution >= 4 is 52.3 Å². The van der Waals surface area contributed by atoms with Gasteiger partial charge in [-0.25, -0.2) is 9.78 Å². The molecule has 4 aromatic rings. The third-order valence-corrected chi connectivity index (χ3v) is 8.21. The van der Waals surface area contributed by atoms with Gasteiger partial charge in [-0.3, -0.25) is 0 Å². The highest BCUT2D eigenvalue weighted by molar-refractivity contribution is 8.01. The second kappa shape index (κ2) is 9.39. The van der Waals surface area contributed by atoms with Gasteiger partial charge < -0.3 is 14.6 Å². The van der Waals surface area contributed by atoms with Crippen LogP contribution in [0.2, 0.25) is 10.0 Å². The minimum atomic E-state index is -1.11. The fraction of sp³-hybridized carbons (Fsp3) is 0.208. The molecule has 0 fully saturated rings. The van der Waals surface area contributed by atoms with E-state index in [0.29, 0.717) is 49.2 Å². The summed E-state index contributed by atoms with van der Waals surface area (Å²) in [4.78, 5) is 17.3. The third-order valence-electron chi connectivity index (χ3n) is 5.23. The lowest BCUT2D eigenvalue weighted by Crippen LogP contribution is -2.09. The molecule has 0 unspecified atom stereocenters. The van der Waals surface area contributed by atoms with Gasteiger partial charge in [-0.15, -0.1) is 11.8 Å². The van der Waals surface area contributed by atoms with E-state index in [1.165, 1.54) is 16.0 Å². The zero-order valence-electron chi connectivity index (χ0n) is 18.8. The number of ether oxygens (including phenoxy) is 2. The quantitative estimate of drug-likeness (QED) is 0.255. The second-order valence-electron chi connectivity index (χ2n) is 8.02. The van der Waals surface area contributed by atoms with Gasteiger partial charge in [-0.1, -0.05) is 60.5 Å². The summed E-state index contributed by atoms with van der Waals surface area (Å²) in [5.74, 6) is 0.0811. The van der Waals surface area contributed by atoms with Crippen LogP contribution in [0.15, 0.2) is 40.6 Å². The molecular formula is C24H19Cl2N3O4S2. The molecule has 3 heterocycles. The van der Waals surface area contributed by atoms with Crippen LogP contribution >= 0.6 is 46.3 Å². The summed E-state index contributed by atoms with van der Waals surface area (Å²) in [5.41, 5.74) is 3.26. The first kappa shape index (κ1) is 24.0. The summed E-state index contributed by atoms with van der Waals surface area (Å²) in [7, 11) is 0. The first-order valence-electron chi connectivity index (χ1n) is 10.6. The zero-order valence-corrected chi connectivity index (χ0v) is 22.0. The molecule has 0 atom stereocenters. The normalized spacial score (nSPS) is 12.5. The largest absolute Gasteiger partial charge is 0.476 e. The lowest BCUT2D eigenvalue weighted by atomic mass is 10.0. The molecule has 7 nitrogen and oxygen atoms in total. The number of thiazole rings is 1. The van der Waals surface area contributed by atoms with Crippen LogP contribution in [0.5, 0.6) is 11.5 Å². The highest BCUT2D eigenvalue weighted by Gasteiger charge is 2.28. The van der Waals surface area contributed by atoms with Crippen molar-refractivity contribution < 1.29 is 19.4 Å². The molecule has 2 aromatic carbocycles. The van der Waals surface area contributed by atoms with Crippen molar-refractivity contribution in [3.8, 4) is 39.0 Å². The predicted molar refractivity (Wildman–Crippen MR) is 139 cm³/mol. The van der Waals surface area contributed by atoms with Crippen LogP contribution in [0.3, 0.4) is 0 Å². The Morgan fingerprint density at radius 1 is 1.11 bits per heavy atom. The summed E-state index contributed by atoms with van der Waals surface area (Å²) in [6.45, 7) is 6.08. The number of carboxylic acids is 1. The van der Waals surface area contributed by atoms with Gasteiger partial charge in [-0.05, 0) is 36.8 Å². The van der Waals surface area contributed by atoms with Crippen LogP contribution < -0.4 is 9.47 Å². The molecule has 0 amide bonds. The van der Waals surface area contributed by atoms with Crippen LogP contribution in [0.1, 0.15) is 30.0 Å². The van der Waals surface area contributed by atoms with Gasteiger partial charge in [0.05, 0.1) is 25.6 Å². The van der Waals surface area contributed by atoms with Crippen LogP contribution in [0, 0.1) is 6.92 Å². The number of fused-ring (bicyclic) bond motifs is 1. The van der Waals surface area contributed by atoms with E-state index in [2.05, 4.69) is 18.9 Å². The maximum atomic E-state index is 12.5. The molecule has 0 radical (unpaired) electrons. The number of hydrogen-bond acceptors (Lipinski definition) is 7. The summed E-state index contributed by atoms with van der Waals surface area (Å²) in [6.07, 6.45) is 0. The predicted octanol–water partition coefficient (Wildman–Crippen LogP) is 7.21. The SMILES string of the molecule is Cc1nn(-c2nc(-c3ccc(Cl)c(Cl)c3)c(SC(C)C)s2)c(C(=O)O)c1-c1ccc2c(c1)OCO2. The number of halogens is 2. The molecule has 0 saturated heterocycles. The van der Waals surface area contributed by atoms with E-state index in [9.17, 15) is 9.90 Å². The number of carboxylic acid groups (broad SMARTS) is 1. The van der Waals surface area contributed by atoms with Gasteiger partial charge in [0.25, 0.3) is 0 Å². The van der Waals surface area contributed by atoms with Gasteiger partial charge in [-0.2, -0.15) is 9.78 Å². The molecule has 0 saturated carbocycles.